The van der Waals surface area contributed by atoms with Crippen LogP contribution in [0.4, 0.5) is 11.6 Å². The molecule has 0 radical (unpaired) electrons. The Hall–Kier alpha value is -1.40. The second kappa shape index (κ2) is 5.07. The van der Waals surface area contributed by atoms with E-state index in [0.29, 0.717) is 31.2 Å². The summed E-state index contributed by atoms with van der Waals surface area (Å²) >= 11 is 0. The standard InChI is InChI=1S/C12H20N4O2/c1-3-9-10(13)15-7-16-11(9)14-6-12(17)4-5-18-8(12)2/h7-8,17H,3-6H2,1-2H3,(H3,13,14,15,16). The van der Waals surface area contributed by atoms with Crippen molar-refractivity contribution in [1.82, 2.24) is 9.97 Å². The molecule has 0 spiro atoms. The highest BCUT2D eigenvalue weighted by Crippen LogP contribution is 2.26. The average Bonchev–Trinajstić information content (AvgIpc) is 2.68. The summed E-state index contributed by atoms with van der Waals surface area (Å²) < 4.78 is 5.39. The van der Waals surface area contributed by atoms with Gasteiger partial charge in [0.1, 0.15) is 23.6 Å². The van der Waals surface area contributed by atoms with Crippen LogP contribution in [0.1, 0.15) is 25.8 Å². The Morgan fingerprint density at radius 3 is 3.00 bits per heavy atom. The molecule has 100 valence electrons. The van der Waals surface area contributed by atoms with Crippen LogP contribution in [0.5, 0.6) is 0 Å². The smallest absolute Gasteiger partial charge is 0.134 e. The molecule has 6 nitrogen and oxygen atoms in total. The number of rotatable bonds is 4. The van der Waals surface area contributed by atoms with Crippen LogP contribution in [0.25, 0.3) is 0 Å². The van der Waals surface area contributed by atoms with Crippen LogP contribution < -0.4 is 11.1 Å². The van der Waals surface area contributed by atoms with Crippen molar-refractivity contribution in [2.45, 2.75) is 38.4 Å². The zero-order valence-electron chi connectivity index (χ0n) is 10.8. The van der Waals surface area contributed by atoms with Gasteiger partial charge in [0.25, 0.3) is 0 Å². The van der Waals surface area contributed by atoms with Gasteiger partial charge in [-0.05, 0) is 13.3 Å². The van der Waals surface area contributed by atoms with Crippen LogP contribution in [-0.4, -0.2) is 39.9 Å². The number of hydrogen-bond acceptors (Lipinski definition) is 6. The average molecular weight is 252 g/mol. The Bertz CT molecular complexity index is 427. The first-order chi connectivity index (χ1) is 8.57. The highest BCUT2D eigenvalue weighted by Gasteiger charge is 2.39. The first kappa shape index (κ1) is 13.0. The van der Waals surface area contributed by atoms with Gasteiger partial charge in [0.2, 0.25) is 0 Å². The Morgan fingerprint density at radius 2 is 2.39 bits per heavy atom. The van der Waals surface area contributed by atoms with E-state index in [4.69, 9.17) is 10.5 Å². The molecular weight excluding hydrogens is 232 g/mol. The fourth-order valence-electron chi connectivity index (χ4n) is 2.17. The molecule has 6 heteroatoms. The predicted molar refractivity (Wildman–Crippen MR) is 69.3 cm³/mol. The summed E-state index contributed by atoms with van der Waals surface area (Å²) in [5.41, 5.74) is 5.84. The third-order valence-corrected chi connectivity index (χ3v) is 3.55. The topological polar surface area (TPSA) is 93.3 Å². The summed E-state index contributed by atoms with van der Waals surface area (Å²) in [5, 5.41) is 13.5. The van der Waals surface area contributed by atoms with Gasteiger partial charge in [-0.1, -0.05) is 6.92 Å². The molecule has 2 atom stereocenters. The molecule has 0 bridgehead atoms. The lowest BCUT2D eigenvalue weighted by atomic mass is 9.96. The Kier molecular flexibility index (Phi) is 3.68. The first-order valence-electron chi connectivity index (χ1n) is 6.24. The lowest BCUT2D eigenvalue weighted by molar-refractivity contribution is -0.0176. The van der Waals surface area contributed by atoms with Crippen molar-refractivity contribution in [3.05, 3.63) is 11.9 Å². The third-order valence-electron chi connectivity index (χ3n) is 3.55. The lowest BCUT2D eigenvalue weighted by Crippen LogP contribution is -2.43. The minimum absolute atomic E-state index is 0.172. The molecule has 1 saturated heterocycles. The van der Waals surface area contributed by atoms with E-state index in [2.05, 4.69) is 15.3 Å². The van der Waals surface area contributed by atoms with E-state index in [-0.39, 0.29) is 6.10 Å². The molecule has 2 unspecified atom stereocenters. The van der Waals surface area contributed by atoms with Gasteiger partial charge in [-0.25, -0.2) is 9.97 Å². The molecule has 0 aromatic carbocycles. The molecule has 1 fully saturated rings. The highest BCUT2D eigenvalue weighted by molar-refractivity contribution is 5.55. The van der Waals surface area contributed by atoms with Crippen molar-refractivity contribution < 1.29 is 9.84 Å². The summed E-state index contributed by atoms with van der Waals surface area (Å²) in [6.45, 7) is 4.86. The molecule has 2 rings (SSSR count). The first-order valence-corrected chi connectivity index (χ1v) is 6.24. The fourth-order valence-corrected chi connectivity index (χ4v) is 2.17. The van der Waals surface area contributed by atoms with E-state index in [0.717, 1.165) is 12.0 Å². The Labute approximate surface area is 107 Å². The van der Waals surface area contributed by atoms with Gasteiger partial charge < -0.3 is 20.9 Å². The largest absolute Gasteiger partial charge is 0.385 e. The van der Waals surface area contributed by atoms with Gasteiger partial charge in [-0.2, -0.15) is 0 Å². The Balaban J connectivity index is 2.08. The van der Waals surface area contributed by atoms with Gasteiger partial charge in [0, 0.05) is 25.1 Å². The molecule has 0 aliphatic carbocycles. The normalized spacial score (nSPS) is 27.4. The van der Waals surface area contributed by atoms with Crippen LogP contribution in [0.2, 0.25) is 0 Å². The highest BCUT2D eigenvalue weighted by atomic mass is 16.5. The fraction of sp³-hybridized carbons (Fsp3) is 0.667. The SMILES string of the molecule is CCc1c(N)ncnc1NCC1(O)CCOC1C. The number of aromatic nitrogens is 2. The molecule has 18 heavy (non-hydrogen) atoms. The van der Waals surface area contributed by atoms with Crippen LogP contribution in [0.3, 0.4) is 0 Å². The van der Waals surface area contributed by atoms with E-state index in [9.17, 15) is 5.11 Å². The monoisotopic (exact) mass is 252 g/mol. The summed E-state index contributed by atoms with van der Waals surface area (Å²) in [7, 11) is 0. The number of nitrogens with two attached hydrogens (primary N) is 1. The number of ether oxygens (including phenoxy) is 1. The molecule has 4 N–H and O–H groups in total. The second-order valence-electron chi connectivity index (χ2n) is 4.66. The molecular formula is C12H20N4O2. The number of nitrogen functional groups attached to an aromatic ring is 1. The predicted octanol–water partition coefficient (Wildman–Crippen LogP) is 0.573. The maximum absolute atomic E-state index is 10.4. The summed E-state index contributed by atoms with van der Waals surface area (Å²) in [6.07, 6.45) is 2.63. The van der Waals surface area contributed by atoms with Gasteiger partial charge in [-0.3, -0.25) is 0 Å². The summed E-state index contributed by atoms with van der Waals surface area (Å²) in [4.78, 5) is 8.14. The second-order valence-corrected chi connectivity index (χ2v) is 4.66. The molecule has 0 amide bonds. The lowest BCUT2D eigenvalue weighted by Gasteiger charge is -2.26. The zero-order chi connectivity index (χ0) is 13.2. The molecule has 2 heterocycles. The van der Waals surface area contributed by atoms with Crippen molar-refractivity contribution in [2.75, 3.05) is 24.2 Å². The molecule has 1 aromatic rings. The Morgan fingerprint density at radius 1 is 1.61 bits per heavy atom. The molecule has 1 aliphatic rings. The van der Waals surface area contributed by atoms with Gasteiger partial charge in [-0.15, -0.1) is 0 Å². The maximum atomic E-state index is 10.4. The number of anilines is 2. The van der Waals surface area contributed by atoms with E-state index >= 15 is 0 Å². The summed E-state index contributed by atoms with van der Waals surface area (Å²) in [6, 6.07) is 0. The molecule has 1 aliphatic heterocycles. The van der Waals surface area contributed by atoms with Crippen LogP contribution in [-0.2, 0) is 11.2 Å². The third kappa shape index (κ3) is 2.39. The number of aliphatic hydroxyl groups is 1. The molecule has 1 aromatic heterocycles. The van der Waals surface area contributed by atoms with Crippen molar-refractivity contribution >= 4 is 11.6 Å². The van der Waals surface area contributed by atoms with E-state index in [1.807, 2.05) is 13.8 Å². The van der Waals surface area contributed by atoms with Crippen LogP contribution in [0.15, 0.2) is 6.33 Å². The summed E-state index contributed by atoms with van der Waals surface area (Å²) in [5.74, 6) is 1.18. The van der Waals surface area contributed by atoms with Crippen LogP contribution >= 0.6 is 0 Å². The number of hydrogen-bond donors (Lipinski definition) is 3. The zero-order valence-corrected chi connectivity index (χ0v) is 10.8. The van der Waals surface area contributed by atoms with Crippen LogP contribution in [0, 0.1) is 0 Å². The van der Waals surface area contributed by atoms with Crippen molar-refractivity contribution in [3.63, 3.8) is 0 Å². The van der Waals surface area contributed by atoms with Crippen molar-refractivity contribution in [1.29, 1.82) is 0 Å². The quantitative estimate of drug-likeness (QED) is 0.725. The van der Waals surface area contributed by atoms with E-state index < -0.39 is 5.60 Å². The van der Waals surface area contributed by atoms with Gasteiger partial charge >= 0.3 is 0 Å². The minimum Gasteiger partial charge on any atom is -0.385 e. The van der Waals surface area contributed by atoms with E-state index in [1.54, 1.807) is 0 Å². The van der Waals surface area contributed by atoms with Gasteiger partial charge in [0.15, 0.2) is 0 Å². The van der Waals surface area contributed by atoms with E-state index in [1.165, 1.54) is 6.33 Å². The van der Waals surface area contributed by atoms with Gasteiger partial charge in [0.05, 0.1) is 6.10 Å². The number of nitrogens with one attached hydrogen (secondary N) is 1. The molecule has 0 saturated carbocycles. The number of nitrogens with zero attached hydrogens (tertiary/aromatic N) is 2. The van der Waals surface area contributed by atoms with Crippen molar-refractivity contribution in [3.8, 4) is 0 Å². The minimum atomic E-state index is -0.843. The maximum Gasteiger partial charge on any atom is 0.134 e. The van der Waals surface area contributed by atoms with Crippen molar-refractivity contribution in [2.24, 2.45) is 0 Å².